The molecule has 226 valence electrons. The van der Waals surface area contributed by atoms with Gasteiger partial charge in [0.2, 0.25) is 0 Å². The number of imidazole rings is 1. The molecule has 0 saturated heterocycles. The lowest BCUT2D eigenvalue weighted by molar-refractivity contribution is 0.661. The van der Waals surface area contributed by atoms with E-state index in [1.54, 1.807) is 0 Å². The van der Waals surface area contributed by atoms with Crippen molar-refractivity contribution in [3.05, 3.63) is 169 Å². The molecule has 48 heavy (non-hydrogen) atoms. The van der Waals surface area contributed by atoms with E-state index < -0.39 is 0 Å². The minimum Gasteiger partial charge on any atom is -0.292 e. The molecule has 0 radical (unpaired) electrons. The molecule has 9 aromatic rings. The lowest BCUT2D eigenvalue weighted by atomic mass is 9.80. The van der Waals surface area contributed by atoms with Crippen LogP contribution >= 0.6 is 0 Å². The molecule has 0 bridgehead atoms. The number of benzene rings is 8. The van der Waals surface area contributed by atoms with Crippen molar-refractivity contribution in [1.82, 2.24) is 9.55 Å². The summed E-state index contributed by atoms with van der Waals surface area (Å²) in [6.45, 7) is 4.74. The maximum Gasteiger partial charge on any atom is 0.146 e. The van der Waals surface area contributed by atoms with Gasteiger partial charge in [-0.15, -0.1) is 0 Å². The summed E-state index contributed by atoms with van der Waals surface area (Å²) in [6.07, 6.45) is 0. The van der Waals surface area contributed by atoms with Crippen molar-refractivity contribution in [1.29, 1.82) is 0 Å². The third kappa shape index (κ3) is 3.77. The Labute approximate surface area is 279 Å². The smallest absolute Gasteiger partial charge is 0.146 e. The van der Waals surface area contributed by atoms with E-state index in [2.05, 4.69) is 176 Å². The second-order valence-corrected chi connectivity index (χ2v) is 13.6. The summed E-state index contributed by atoms with van der Waals surface area (Å²) in [5.41, 5.74) is 12.1. The Morgan fingerprint density at radius 1 is 0.479 bits per heavy atom. The van der Waals surface area contributed by atoms with Gasteiger partial charge in [0, 0.05) is 16.7 Å². The van der Waals surface area contributed by atoms with Gasteiger partial charge in [-0.05, 0) is 108 Å². The normalized spacial score (nSPS) is 13.4. The summed E-state index contributed by atoms with van der Waals surface area (Å²) in [6, 6.07) is 57.6. The summed E-state index contributed by atoms with van der Waals surface area (Å²) in [5, 5.41) is 7.40. The standard InChI is InChI=1S/C46H32N2/c1-46(2)39-21-11-10-18-33(39)36-27-37-38(28-40(36)46)44(45-47-41-22-12-13-23-42(41)48(45)32-16-4-3-5-17-32)35-20-9-8-19-34(35)43(37)31-25-24-29-14-6-7-15-30(29)26-31/h3-28H,1-2H3. The average Bonchev–Trinajstić information content (AvgIpc) is 3.62. The van der Waals surface area contributed by atoms with Crippen LogP contribution in [0.1, 0.15) is 25.0 Å². The van der Waals surface area contributed by atoms with Crippen LogP contribution in [-0.2, 0) is 5.41 Å². The summed E-state index contributed by atoms with van der Waals surface area (Å²) < 4.78 is 2.35. The second kappa shape index (κ2) is 10.0. The lowest BCUT2D eigenvalue weighted by Gasteiger charge is -2.24. The van der Waals surface area contributed by atoms with Gasteiger partial charge in [-0.25, -0.2) is 4.98 Å². The molecule has 2 nitrogen and oxygen atoms in total. The van der Waals surface area contributed by atoms with Crippen LogP contribution in [0.15, 0.2) is 158 Å². The Hall–Kier alpha value is -5.99. The van der Waals surface area contributed by atoms with Gasteiger partial charge in [0.05, 0.1) is 11.0 Å². The van der Waals surface area contributed by atoms with E-state index >= 15 is 0 Å². The third-order valence-corrected chi connectivity index (χ3v) is 10.6. The highest BCUT2D eigenvalue weighted by molar-refractivity contribution is 6.22. The van der Waals surface area contributed by atoms with E-state index in [1.807, 2.05) is 0 Å². The molecule has 0 N–H and O–H groups in total. The van der Waals surface area contributed by atoms with Crippen LogP contribution in [0.2, 0.25) is 0 Å². The molecule has 2 heteroatoms. The second-order valence-electron chi connectivity index (χ2n) is 13.6. The summed E-state index contributed by atoms with van der Waals surface area (Å²) in [5.74, 6) is 0.960. The monoisotopic (exact) mass is 612 g/mol. The Morgan fingerprint density at radius 2 is 1.15 bits per heavy atom. The van der Waals surface area contributed by atoms with Crippen molar-refractivity contribution in [2.45, 2.75) is 19.3 Å². The highest BCUT2D eigenvalue weighted by atomic mass is 15.1. The zero-order chi connectivity index (χ0) is 32.0. The fourth-order valence-corrected chi connectivity index (χ4v) is 8.30. The molecule has 1 heterocycles. The summed E-state index contributed by atoms with van der Waals surface area (Å²) in [7, 11) is 0. The predicted molar refractivity (Wildman–Crippen MR) is 202 cm³/mol. The van der Waals surface area contributed by atoms with Crippen LogP contribution in [0.5, 0.6) is 0 Å². The van der Waals surface area contributed by atoms with Crippen LogP contribution < -0.4 is 0 Å². The van der Waals surface area contributed by atoms with E-state index in [9.17, 15) is 0 Å². The maximum atomic E-state index is 5.44. The van der Waals surface area contributed by atoms with Crippen LogP contribution in [0.3, 0.4) is 0 Å². The quantitative estimate of drug-likeness (QED) is 0.182. The molecule has 0 atom stereocenters. The van der Waals surface area contributed by atoms with Gasteiger partial charge < -0.3 is 0 Å². The molecule has 0 amide bonds. The number of para-hydroxylation sites is 3. The topological polar surface area (TPSA) is 17.8 Å². The number of aromatic nitrogens is 2. The van der Waals surface area contributed by atoms with Gasteiger partial charge >= 0.3 is 0 Å². The molecule has 8 aromatic carbocycles. The van der Waals surface area contributed by atoms with E-state index in [0.717, 1.165) is 22.5 Å². The summed E-state index contributed by atoms with van der Waals surface area (Å²) >= 11 is 0. The van der Waals surface area contributed by atoms with Gasteiger partial charge in [0.25, 0.3) is 0 Å². The van der Waals surface area contributed by atoms with Crippen molar-refractivity contribution in [2.75, 3.05) is 0 Å². The van der Waals surface area contributed by atoms with Crippen LogP contribution in [0.4, 0.5) is 0 Å². The first-order valence-corrected chi connectivity index (χ1v) is 16.7. The first-order chi connectivity index (χ1) is 23.6. The largest absolute Gasteiger partial charge is 0.292 e. The zero-order valence-electron chi connectivity index (χ0n) is 26.9. The van der Waals surface area contributed by atoms with Crippen LogP contribution in [0.25, 0.3) is 82.7 Å². The van der Waals surface area contributed by atoms with E-state index in [1.165, 1.54) is 71.3 Å². The van der Waals surface area contributed by atoms with E-state index in [4.69, 9.17) is 4.98 Å². The molecule has 1 aliphatic rings. The fraction of sp³-hybridized carbons (Fsp3) is 0.0652. The van der Waals surface area contributed by atoms with Gasteiger partial charge in [-0.1, -0.05) is 129 Å². The highest BCUT2D eigenvalue weighted by Gasteiger charge is 2.36. The molecule has 10 rings (SSSR count). The highest BCUT2D eigenvalue weighted by Crippen LogP contribution is 2.53. The third-order valence-electron chi connectivity index (χ3n) is 10.6. The Kier molecular flexibility index (Phi) is 5.66. The van der Waals surface area contributed by atoms with E-state index in [0.29, 0.717) is 0 Å². The summed E-state index contributed by atoms with van der Waals surface area (Å²) in [4.78, 5) is 5.44. The Bertz CT molecular complexity index is 2750. The number of nitrogens with zero attached hydrogens (tertiary/aromatic N) is 2. The van der Waals surface area contributed by atoms with Gasteiger partial charge in [-0.3, -0.25) is 4.57 Å². The number of hydrogen-bond acceptors (Lipinski definition) is 1. The minimum atomic E-state index is -0.133. The molecule has 1 aromatic heterocycles. The fourth-order valence-electron chi connectivity index (χ4n) is 8.30. The number of fused-ring (bicyclic) bond motifs is 7. The molecule has 0 saturated carbocycles. The molecular weight excluding hydrogens is 581 g/mol. The van der Waals surface area contributed by atoms with Crippen LogP contribution in [-0.4, -0.2) is 9.55 Å². The molecule has 0 aliphatic heterocycles. The Balaban J connectivity index is 1.41. The average molecular weight is 613 g/mol. The van der Waals surface area contributed by atoms with Gasteiger partial charge in [-0.2, -0.15) is 0 Å². The maximum absolute atomic E-state index is 5.44. The predicted octanol–water partition coefficient (Wildman–Crippen LogP) is 12.1. The Morgan fingerprint density at radius 3 is 2.00 bits per heavy atom. The first kappa shape index (κ1) is 27.2. The van der Waals surface area contributed by atoms with Crippen molar-refractivity contribution in [3.8, 4) is 39.3 Å². The van der Waals surface area contributed by atoms with Crippen molar-refractivity contribution >= 4 is 43.4 Å². The van der Waals surface area contributed by atoms with Crippen molar-refractivity contribution in [2.24, 2.45) is 0 Å². The molecule has 0 fully saturated rings. The van der Waals surface area contributed by atoms with Crippen molar-refractivity contribution in [3.63, 3.8) is 0 Å². The molecule has 0 unspecified atom stereocenters. The van der Waals surface area contributed by atoms with E-state index in [-0.39, 0.29) is 5.41 Å². The molecular formula is C46H32N2. The first-order valence-electron chi connectivity index (χ1n) is 16.7. The SMILES string of the molecule is CC1(C)c2ccccc2-c2cc3c(-c4ccc5ccccc5c4)c4ccccc4c(-c4nc5ccccc5n4-c4ccccc4)c3cc21. The number of hydrogen-bond donors (Lipinski definition) is 0. The van der Waals surface area contributed by atoms with Gasteiger partial charge in [0.1, 0.15) is 5.82 Å². The van der Waals surface area contributed by atoms with Crippen LogP contribution in [0, 0.1) is 0 Å². The van der Waals surface area contributed by atoms with Crippen molar-refractivity contribution < 1.29 is 0 Å². The minimum absolute atomic E-state index is 0.133. The molecule has 1 aliphatic carbocycles. The number of rotatable bonds is 3. The zero-order valence-corrected chi connectivity index (χ0v) is 26.9. The van der Waals surface area contributed by atoms with Gasteiger partial charge in [0.15, 0.2) is 0 Å². The lowest BCUT2D eigenvalue weighted by Crippen LogP contribution is -2.15. The molecule has 0 spiro atoms.